The van der Waals surface area contributed by atoms with Crippen LogP contribution in [-0.2, 0) is 13.1 Å². The van der Waals surface area contributed by atoms with E-state index in [1.165, 1.54) is 11.2 Å². The number of aromatic amines is 1. The number of amides is 1. The summed E-state index contributed by atoms with van der Waals surface area (Å²) in [5.74, 6) is 0.542. The van der Waals surface area contributed by atoms with Gasteiger partial charge < -0.3 is 18.7 Å². The van der Waals surface area contributed by atoms with E-state index >= 15 is 0 Å². The maximum Gasteiger partial charge on any atom is 0.290 e. The number of nitrogens with zero attached hydrogens (tertiary/aromatic N) is 1. The number of hydrogen-bond donors (Lipinski definition) is 1. The van der Waals surface area contributed by atoms with Gasteiger partial charge in [-0.15, -0.1) is 0 Å². The van der Waals surface area contributed by atoms with Crippen LogP contribution in [0.2, 0.25) is 0 Å². The number of aromatic nitrogens is 1. The second-order valence-corrected chi connectivity index (χ2v) is 6.89. The zero-order valence-electron chi connectivity index (χ0n) is 15.7. The van der Waals surface area contributed by atoms with Crippen molar-refractivity contribution in [3.05, 3.63) is 93.6 Å². The summed E-state index contributed by atoms with van der Waals surface area (Å²) in [7, 11) is 0. The molecule has 0 atom stereocenters. The Kier molecular flexibility index (Phi) is 4.61. The highest BCUT2D eigenvalue weighted by Crippen LogP contribution is 2.20. The first-order chi connectivity index (χ1) is 13.5. The maximum absolute atomic E-state index is 12.9. The molecular formula is C22H20N2O4. The van der Waals surface area contributed by atoms with Crippen LogP contribution in [-0.4, -0.2) is 15.8 Å². The second-order valence-electron chi connectivity index (χ2n) is 6.89. The van der Waals surface area contributed by atoms with Gasteiger partial charge in [0, 0.05) is 5.56 Å². The van der Waals surface area contributed by atoms with E-state index in [4.69, 9.17) is 8.83 Å². The number of H-pyrrole nitrogens is 1. The number of aryl methyl sites for hydroxylation is 2. The monoisotopic (exact) mass is 376 g/mol. The molecule has 1 N–H and O–H groups in total. The van der Waals surface area contributed by atoms with Gasteiger partial charge >= 0.3 is 0 Å². The van der Waals surface area contributed by atoms with Gasteiger partial charge in [0.05, 0.1) is 31.1 Å². The number of hydrogen-bond acceptors (Lipinski definition) is 4. The molecule has 1 aromatic carbocycles. The summed E-state index contributed by atoms with van der Waals surface area (Å²) >= 11 is 0. The zero-order valence-corrected chi connectivity index (χ0v) is 15.7. The van der Waals surface area contributed by atoms with Crippen LogP contribution in [0.4, 0.5) is 0 Å². The standard InChI is InChI=1S/C22H20N2O4/c1-14-9-15(2)20-16(10-14)11-17(21(25)23-20)12-24(13-18-5-3-7-27-18)22(26)19-6-4-8-28-19/h3-11H,12-13H2,1-2H3,(H,23,25). The van der Waals surface area contributed by atoms with Crippen molar-refractivity contribution in [2.45, 2.75) is 26.9 Å². The van der Waals surface area contributed by atoms with E-state index < -0.39 is 0 Å². The van der Waals surface area contributed by atoms with E-state index in [2.05, 4.69) is 4.98 Å². The van der Waals surface area contributed by atoms with Crippen LogP contribution in [0.25, 0.3) is 10.9 Å². The summed E-state index contributed by atoms with van der Waals surface area (Å²) in [6.45, 7) is 4.35. The quantitative estimate of drug-likeness (QED) is 0.567. The summed E-state index contributed by atoms with van der Waals surface area (Å²) < 4.78 is 10.6. The van der Waals surface area contributed by atoms with Gasteiger partial charge in [-0.3, -0.25) is 9.59 Å². The largest absolute Gasteiger partial charge is 0.467 e. The third-order valence-electron chi connectivity index (χ3n) is 4.68. The molecular weight excluding hydrogens is 356 g/mol. The number of nitrogens with one attached hydrogen (secondary N) is 1. The van der Waals surface area contributed by atoms with Gasteiger partial charge in [0.1, 0.15) is 5.76 Å². The molecule has 3 heterocycles. The molecule has 0 saturated carbocycles. The van der Waals surface area contributed by atoms with E-state index in [0.29, 0.717) is 11.3 Å². The molecule has 6 nitrogen and oxygen atoms in total. The third-order valence-corrected chi connectivity index (χ3v) is 4.68. The van der Waals surface area contributed by atoms with E-state index in [1.54, 1.807) is 30.5 Å². The normalized spacial score (nSPS) is 11.1. The molecule has 0 aliphatic heterocycles. The highest BCUT2D eigenvalue weighted by Gasteiger charge is 2.21. The summed E-state index contributed by atoms with van der Waals surface area (Å²) in [4.78, 5) is 30.1. The van der Waals surface area contributed by atoms with Gasteiger partial charge in [0.2, 0.25) is 0 Å². The molecule has 0 fully saturated rings. The fourth-order valence-electron chi connectivity index (χ4n) is 3.40. The molecule has 142 valence electrons. The first-order valence-corrected chi connectivity index (χ1v) is 8.99. The maximum atomic E-state index is 12.9. The SMILES string of the molecule is Cc1cc(C)c2[nH]c(=O)c(CN(Cc3ccco3)C(=O)c3ccco3)cc2c1. The summed E-state index contributed by atoms with van der Waals surface area (Å²) in [5.41, 5.74) is 3.23. The number of carbonyl (C=O) groups excluding carboxylic acids is 1. The van der Waals surface area contributed by atoms with Gasteiger partial charge in [0.15, 0.2) is 5.76 Å². The predicted molar refractivity (Wildman–Crippen MR) is 105 cm³/mol. The minimum absolute atomic E-state index is 0.137. The van der Waals surface area contributed by atoms with Crippen LogP contribution in [0.5, 0.6) is 0 Å². The molecule has 4 aromatic rings. The highest BCUT2D eigenvalue weighted by molar-refractivity contribution is 5.91. The average Bonchev–Trinajstić information content (AvgIpc) is 3.35. The highest BCUT2D eigenvalue weighted by atomic mass is 16.3. The van der Waals surface area contributed by atoms with E-state index in [-0.39, 0.29) is 30.3 Å². The van der Waals surface area contributed by atoms with Crippen LogP contribution in [0.1, 0.15) is 33.0 Å². The van der Waals surface area contributed by atoms with Crippen LogP contribution < -0.4 is 5.56 Å². The molecule has 0 saturated heterocycles. The van der Waals surface area contributed by atoms with Gasteiger partial charge in [-0.1, -0.05) is 11.6 Å². The lowest BCUT2D eigenvalue weighted by Crippen LogP contribution is -2.32. The number of benzene rings is 1. The van der Waals surface area contributed by atoms with Gasteiger partial charge in [-0.2, -0.15) is 0 Å². The molecule has 0 aliphatic carbocycles. The molecule has 0 spiro atoms. The van der Waals surface area contributed by atoms with Crippen LogP contribution in [0.3, 0.4) is 0 Å². The molecule has 0 aliphatic rings. The Morgan fingerprint density at radius 1 is 1.04 bits per heavy atom. The Morgan fingerprint density at radius 2 is 1.82 bits per heavy atom. The van der Waals surface area contributed by atoms with Crippen molar-refractivity contribution in [1.29, 1.82) is 0 Å². The van der Waals surface area contributed by atoms with Gasteiger partial charge in [-0.25, -0.2) is 0 Å². The Morgan fingerprint density at radius 3 is 2.54 bits per heavy atom. The Labute approximate surface area is 161 Å². The summed E-state index contributed by atoms with van der Waals surface area (Å²) in [6.07, 6.45) is 3.01. The predicted octanol–water partition coefficient (Wildman–Crippen LogP) is 4.17. The average molecular weight is 376 g/mol. The Bertz CT molecular complexity index is 1170. The molecule has 0 unspecified atom stereocenters. The first kappa shape index (κ1) is 17.9. The fraction of sp³-hybridized carbons (Fsp3) is 0.182. The minimum atomic E-state index is -0.304. The van der Waals surface area contributed by atoms with Crippen molar-refractivity contribution in [3.63, 3.8) is 0 Å². The number of fused-ring (bicyclic) bond motifs is 1. The smallest absolute Gasteiger partial charge is 0.290 e. The number of pyridine rings is 1. The lowest BCUT2D eigenvalue weighted by atomic mass is 10.1. The molecule has 0 bridgehead atoms. The first-order valence-electron chi connectivity index (χ1n) is 8.99. The van der Waals surface area contributed by atoms with E-state index in [0.717, 1.165) is 22.0 Å². The van der Waals surface area contributed by atoms with Crippen molar-refractivity contribution in [2.75, 3.05) is 0 Å². The second kappa shape index (κ2) is 7.23. The molecule has 4 rings (SSSR count). The molecule has 0 radical (unpaired) electrons. The molecule has 1 amide bonds. The lowest BCUT2D eigenvalue weighted by molar-refractivity contribution is 0.0684. The van der Waals surface area contributed by atoms with Gasteiger partial charge in [-0.05, 0) is 61.2 Å². The molecule has 28 heavy (non-hydrogen) atoms. The van der Waals surface area contributed by atoms with Crippen molar-refractivity contribution < 1.29 is 13.6 Å². The summed E-state index contributed by atoms with van der Waals surface area (Å²) in [6, 6.07) is 12.7. The topological polar surface area (TPSA) is 79.5 Å². The molecule has 3 aromatic heterocycles. The van der Waals surface area contributed by atoms with Crippen molar-refractivity contribution in [1.82, 2.24) is 9.88 Å². The lowest BCUT2D eigenvalue weighted by Gasteiger charge is -2.20. The van der Waals surface area contributed by atoms with Crippen molar-refractivity contribution in [3.8, 4) is 0 Å². The number of carbonyl (C=O) groups is 1. The van der Waals surface area contributed by atoms with Crippen molar-refractivity contribution >= 4 is 16.8 Å². The van der Waals surface area contributed by atoms with Crippen LogP contribution >= 0.6 is 0 Å². The number of furan rings is 2. The van der Waals surface area contributed by atoms with Crippen LogP contribution in [0.15, 0.2) is 68.6 Å². The fourth-order valence-corrected chi connectivity index (χ4v) is 3.40. The van der Waals surface area contributed by atoms with Gasteiger partial charge in [0.25, 0.3) is 11.5 Å². The van der Waals surface area contributed by atoms with E-state index in [9.17, 15) is 9.59 Å². The molecule has 6 heteroatoms. The summed E-state index contributed by atoms with van der Waals surface area (Å²) in [5, 5.41) is 0.940. The number of rotatable bonds is 5. The Balaban J connectivity index is 1.72. The van der Waals surface area contributed by atoms with Crippen molar-refractivity contribution in [2.24, 2.45) is 0 Å². The van der Waals surface area contributed by atoms with E-state index in [1.807, 2.05) is 32.0 Å². The minimum Gasteiger partial charge on any atom is -0.467 e. The zero-order chi connectivity index (χ0) is 19.7. The Hall–Kier alpha value is -3.54. The van der Waals surface area contributed by atoms with Crippen LogP contribution in [0, 0.1) is 13.8 Å². The third kappa shape index (κ3) is 3.49.